The molecule has 1 unspecified atom stereocenters. The quantitative estimate of drug-likeness (QED) is 0.369. The second-order valence-electron chi connectivity index (χ2n) is 11.5. The predicted molar refractivity (Wildman–Crippen MR) is 155 cm³/mol. The van der Waals surface area contributed by atoms with Gasteiger partial charge in [-0.3, -0.25) is 4.79 Å². The van der Waals surface area contributed by atoms with E-state index in [0.29, 0.717) is 37.6 Å². The van der Waals surface area contributed by atoms with Crippen molar-refractivity contribution in [3.05, 3.63) is 65.1 Å². The van der Waals surface area contributed by atoms with Gasteiger partial charge in [-0.15, -0.1) is 0 Å². The Bertz CT molecular complexity index is 1550. The van der Waals surface area contributed by atoms with Crippen molar-refractivity contribution in [3.8, 4) is 22.3 Å². The van der Waals surface area contributed by atoms with E-state index in [1.807, 2.05) is 37.6 Å². The van der Waals surface area contributed by atoms with Crippen LogP contribution in [-0.4, -0.2) is 73.8 Å². The summed E-state index contributed by atoms with van der Waals surface area (Å²) in [7, 11) is 1.85. The largest absolute Gasteiger partial charge is 0.417 e. The first-order valence-corrected chi connectivity index (χ1v) is 14.2. The van der Waals surface area contributed by atoms with Gasteiger partial charge in [-0.25, -0.2) is 18.2 Å². The van der Waals surface area contributed by atoms with Crippen LogP contribution in [0.4, 0.5) is 37.8 Å². The minimum absolute atomic E-state index is 0.0577. The zero-order valence-corrected chi connectivity index (χ0v) is 24.7. The third-order valence-corrected chi connectivity index (χ3v) is 8.23. The molecule has 0 aliphatic carbocycles. The first-order chi connectivity index (χ1) is 20.7. The number of primary amides is 1. The number of likely N-dealkylation sites (N-methyl/N-ethyl adjacent to an activating group) is 1. The minimum Gasteiger partial charge on any atom is -0.372 e. The number of hydrogen-bond acceptors (Lipinski definition) is 6. The molecule has 0 saturated carbocycles. The SMILES string of the molecule is CC1CN(c2cc(F)c(-c3ccc(N4C[C@@H](C)O[C@@H](C)C4)nc3)c(F)c2-c2c(F)ccc(C(N)=O)c2C(F)(F)F)CCN1C. The molecule has 2 saturated heterocycles. The van der Waals surface area contributed by atoms with Crippen LogP contribution in [0, 0.1) is 17.5 Å². The van der Waals surface area contributed by atoms with Crippen LogP contribution in [0.1, 0.15) is 36.7 Å². The van der Waals surface area contributed by atoms with Gasteiger partial charge in [0.1, 0.15) is 23.3 Å². The first kappa shape index (κ1) is 31.6. The molecule has 0 radical (unpaired) electrons. The number of carbonyl (C=O) groups is 1. The summed E-state index contributed by atoms with van der Waals surface area (Å²) in [6.07, 6.45) is -4.22. The summed E-state index contributed by atoms with van der Waals surface area (Å²) in [6, 6.07) is 5.00. The molecule has 5 rings (SSSR count). The number of ether oxygens (including phenoxy) is 1. The van der Waals surface area contributed by atoms with Crippen molar-refractivity contribution in [2.45, 2.75) is 45.2 Å². The lowest BCUT2D eigenvalue weighted by Gasteiger charge is -2.40. The van der Waals surface area contributed by atoms with E-state index >= 15 is 13.2 Å². The van der Waals surface area contributed by atoms with E-state index in [9.17, 15) is 18.0 Å². The van der Waals surface area contributed by atoms with Crippen LogP contribution < -0.4 is 15.5 Å². The van der Waals surface area contributed by atoms with Crippen molar-refractivity contribution in [3.63, 3.8) is 0 Å². The summed E-state index contributed by atoms with van der Waals surface area (Å²) >= 11 is 0. The Morgan fingerprint density at radius 1 is 0.909 bits per heavy atom. The maximum Gasteiger partial charge on any atom is 0.417 e. The molecule has 2 aliphatic rings. The van der Waals surface area contributed by atoms with Crippen LogP contribution in [0.5, 0.6) is 0 Å². The standard InChI is InChI=1S/C31H33F6N5O2/c1-16-13-41(10-9-40(16)4)23-11-22(33)25(19-5-8-24(39-12-19)42-14-17(2)44-18(3)15-42)29(34)27(23)26-21(32)7-6-20(30(38)43)28(26)31(35,36)37/h5-8,11-12,16-18H,9-10,13-15H2,1-4H3,(H2,38,43)/t16?,17-,18+. The molecule has 3 heterocycles. The summed E-state index contributed by atoms with van der Waals surface area (Å²) in [4.78, 5) is 21.9. The van der Waals surface area contributed by atoms with E-state index in [2.05, 4.69) is 4.98 Å². The lowest BCUT2D eigenvalue weighted by Crippen LogP contribution is -2.50. The number of piperazine rings is 1. The zero-order chi connectivity index (χ0) is 32.1. The molecule has 0 bridgehead atoms. The molecule has 7 nitrogen and oxygen atoms in total. The number of benzene rings is 2. The maximum absolute atomic E-state index is 16.8. The fraction of sp³-hybridized carbons (Fsp3) is 0.419. The number of pyridine rings is 1. The Labute approximate surface area is 251 Å². The summed E-state index contributed by atoms with van der Waals surface area (Å²) in [5.74, 6) is -4.86. The highest BCUT2D eigenvalue weighted by Crippen LogP contribution is 2.47. The number of aromatic nitrogens is 1. The topological polar surface area (TPSA) is 74.9 Å². The number of rotatable bonds is 5. The second-order valence-corrected chi connectivity index (χ2v) is 11.5. The van der Waals surface area contributed by atoms with E-state index in [0.717, 1.165) is 6.07 Å². The molecule has 2 aromatic carbocycles. The number of nitrogens with two attached hydrogens (primary N) is 1. The lowest BCUT2D eigenvalue weighted by molar-refractivity contribution is -0.137. The van der Waals surface area contributed by atoms with Gasteiger partial charge in [0.2, 0.25) is 5.91 Å². The van der Waals surface area contributed by atoms with Gasteiger partial charge in [0.25, 0.3) is 0 Å². The summed E-state index contributed by atoms with van der Waals surface area (Å²) in [5.41, 5.74) is -0.539. The highest BCUT2D eigenvalue weighted by Gasteiger charge is 2.42. The van der Waals surface area contributed by atoms with Crippen molar-refractivity contribution in [1.29, 1.82) is 0 Å². The van der Waals surface area contributed by atoms with Crippen molar-refractivity contribution in [1.82, 2.24) is 9.88 Å². The van der Waals surface area contributed by atoms with Gasteiger partial charge in [0.15, 0.2) is 0 Å². The maximum atomic E-state index is 16.8. The minimum atomic E-state index is -5.30. The smallest absolute Gasteiger partial charge is 0.372 e. The number of halogens is 6. The molecule has 2 aliphatic heterocycles. The number of anilines is 2. The fourth-order valence-electron chi connectivity index (χ4n) is 6.03. The molecule has 0 spiro atoms. The molecule has 1 amide bonds. The van der Waals surface area contributed by atoms with Gasteiger partial charge in [-0.1, -0.05) is 0 Å². The van der Waals surface area contributed by atoms with Gasteiger partial charge in [-0.2, -0.15) is 13.2 Å². The molecule has 13 heteroatoms. The normalized spacial score (nSPS) is 21.5. The Balaban J connectivity index is 1.73. The van der Waals surface area contributed by atoms with E-state index < -0.39 is 57.4 Å². The summed E-state index contributed by atoms with van der Waals surface area (Å²) in [6.45, 7) is 7.59. The fourth-order valence-corrected chi connectivity index (χ4v) is 6.03. The van der Waals surface area contributed by atoms with Crippen LogP contribution in [0.25, 0.3) is 22.3 Å². The summed E-state index contributed by atoms with van der Waals surface area (Å²) in [5, 5.41) is 0. The number of nitrogens with zero attached hydrogens (tertiary/aromatic N) is 4. The van der Waals surface area contributed by atoms with Gasteiger partial charge >= 0.3 is 6.18 Å². The molecular formula is C31H33F6N5O2. The Hall–Kier alpha value is -3.84. The molecule has 236 valence electrons. The predicted octanol–water partition coefficient (Wildman–Crippen LogP) is 5.70. The highest BCUT2D eigenvalue weighted by molar-refractivity contribution is 5.98. The third kappa shape index (κ3) is 5.94. The molecule has 1 aromatic heterocycles. The Morgan fingerprint density at radius 3 is 2.16 bits per heavy atom. The molecule has 2 N–H and O–H groups in total. The van der Waals surface area contributed by atoms with E-state index in [1.54, 1.807) is 6.07 Å². The zero-order valence-electron chi connectivity index (χ0n) is 24.7. The van der Waals surface area contributed by atoms with Crippen molar-refractivity contribution >= 4 is 17.4 Å². The van der Waals surface area contributed by atoms with Crippen LogP contribution >= 0.6 is 0 Å². The van der Waals surface area contributed by atoms with Crippen LogP contribution in [0.3, 0.4) is 0 Å². The first-order valence-electron chi connectivity index (χ1n) is 14.2. The second kappa shape index (κ2) is 11.9. The molecular weight excluding hydrogens is 588 g/mol. The molecule has 44 heavy (non-hydrogen) atoms. The molecule has 3 atom stereocenters. The highest BCUT2D eigenvalue weighted by atomic mass is 19.4. The lowest BCUT2D eigenvalue weighted by atomic mass is 9.89. The number of alkyl halides is 3. The Kier molecular flexibility index (Phi) is 8.56. The third-order valence-electron chi connectivity index (χ3n) is 8.23. The number of hydrogen-bond donors (Lipinski definition) is 1. The van der Waals surface area contributed by atoms with Gasteiger partial charge in [0.05, 0.1) is 34.6 Å². The van der Waals surface area contributed by atoms with E-state index in [4.69, 9.17) is 10.5 Å². The van der Waals surface area contributed by atoms with Crippen LogP contribution in [-0.2, 0) is 10.9 Å². The van der Waals surface area contributed by atoms with Crippen LogP contribution in [0.2, 0.25) is 0 Å². The average molecular weight is 622 g/mol. The van der Waals surface area contributed by atoms with E-state index in [-0.39, 0.29) is 42.6 Å². The van der Waals surface area contributed by atoms with Gasteiger partial charge in [-0.05, 0) is 58.2 Å². The van der Waals surface area contributed by atoms with Crippen molar-refractivity contribution < 1.29 is 35.9 Å². The molecule has 2 fully saturated rings. The average Bonchev–Trinajstić information content (AvgIpc) is 2.93. The van der Waals surface area contributed by atoms with Gasteiger partial charge < -0.3 is 25.2 Å². The van der Waals surface area contributed by atoms with E-state index in [1.165, 1.54) is 17.2 Å². The van der Waals surface area contributed by atoms with Crippen molar-refractivity contribution in [2.24, 2.45) is 5.73 Å². The monoisotopic (exact) mass is 621 g/mol. The molecule has 3 aromatic rings. The van der Waals surface area contributed by atoms with Gasteiger partial charge in [0, 0.05) is 61.7 Å². The Morgan fingerprint density at radius 2 is 1.59 bits per heavy atom. The number of carbonyl (C=O) groups excluding carboxylic acids is 1. The van der Waals surface area contributed by atoms with Crippen molar-refractivity contribution in [2.75, 3.05) is 49.6 Å². The summed E-state index contributed by atoms with van der Waals surface area (Å²) < 4.78 is 97.5. The number of amides is 1. The number of morpholine rings is 1. The van der Waals surface area contributed by atoms with Crippen LogP contribution in [0.15, 0.2) is 36.5 Å².